The van der Waals surface area contributed by atoms with Gasteiger partial charge in [-0.15, -0.1) is 0 Å². The SMILES string of the molecule is FC1OC(F)(F)c2ccccc21. The van der Waals surface area contributed by atoms with E-state index in [-0.39, 0.29) is 11.1 Å². The average Bonchev–Trinajstić information content (AvgIpc) is 2.25. The summed E-state index contributed by atoms with van der Waals surface area (Å²) in [6, 6.07) is 5.38. The van der Waals surface area contributed by atoms with Crippen LogP contribution in [0.2, 0.25) is 0 Å². The van der Waals surface area contributed by atoms with E-state index in [0.29, 0.717) is 0 Å². The number of hydrogen-bond donors (Lipinski definition) is 0. The maximum atomic E-state index is 12.7. The normalized spacial score (nSPS) is 25.4. The predicted octanol–water partition coefficient (Wildman–Crippen LogP) is 2.73. The van der Waals surface area contributed by atoms with Crippen LogP contribution in [-0.4, -0.2) is 0 Å². The van der Waals surface area contributed by atoms with Crippen LogP contribution in [0.3, 0.4) is 0 Å². The minimum absolute atomic E-state index is 0.0810. The smallest absolute Gasteiger partial charge is 0.277 e. The molecule has 1 nitrogen and oxygen atoms in total. The zero-order chi connectivity index (χ0) is 8.77. The molecule has 0 spiro atoms. The van der Waals surface area contributed by atoms with Crippen molar-refractivity contribution in [2.24, 2.45) is 0 Å². The highest BCUT2D eigenvalue weighted by Crippen LogP contribution is 2.45. The molecule has 0 saturated carbocycles. The molecule has 1 unspecified atom stereocenters. The Hall–Kier alpha value is -1.03. The van der Waals surface area contributed by atoms with Gasteiger partial charge in [-0.05, 0) is 6.07 Å². The van der Waals surface area contributed by atoms with Crippen molar-refractivity contribution in [1.29, 1.82) is 0 Å². The molecule has 0 aromatic heterocycles. The first-order chi connectivity index (χ1) is 5.61. The summed E-state index contributed by atoms with van der Waals surface area (Å²) in [6.45, 7) is 0. The molecular formula is C8H5F3O. The Morgan fingerprint density at radius 1 is 1.25 bits per heavy atom. The van der Waals surface area contributed by atoms with Gasteiger partial charge >= 0.3 is 6.11 Å². The lowest BCUT2D eigenvalue weighted by atomic mass is 10.1. The first-order valence-electron chi connectivity index (χ1n) is 3.40. The molecule has 0 fully saturated rings. The quantitative estimate of drug-likeness (QED) is 0.587. The summed E-state index contributed by atoms with van der Waals surface area (Å²) >= 11 is 0. The molecule has 1 atom stereocenters. The van der Waals surface area contributed by atoms with Gasteiger partial charge in [0.15, 0.2) is 0 Å². The Bertz CT molecular complexity index is 311. The number of ether oxygens (including phenoxy) is 1. The molecule has 1 aliphatic rings. The van der Waals surface area contributed by atoms with Crippen LogP contribution in [0.5, 0.6) is 0 Å². The Kier molecular flexibility index (Phi) is 1.41. The van der Waals surface area contributed by atoms with Gasteiger partial charge in [0.2, 0.25) is 6.36 Å². The average molecular weight is 174 g/mol. The minimum Gasteiger partial charge on any atom is -0.277 e. The van der Waals surface area contributed by atoms with Crippen LogP contribution in [0.25, 0.3) is 0 Å². The second-order valence-corrected chi connectivity index (χ2v) is 2.54. The summed E-state index contributed by atoms with van der Waals surface area (Å²) in [5.74, 6) is 0. The molecule has 1 heterocycles. The number of halogens is 3. The lowest BCUT2D eigenvalue weighted by Gasteiger charge is -2.07. The van der Waals surface area contributed by atoms with E-state index in [9.17, 15) is 13.2 Å². The third kappa shape index (κ3) is 0.914. The Labute approximate surface area is 66.8 Å². The largest absolute Gasteiger partial charge is 0.386 e. The van der Waals surface area contributed by atoms with E-state index in [1.54, 1.807) is 0 Å². The van der Waals surface area contributed by atoms with Gasteiger partial charge in [0.05, 0.1) is 5.56 Å². The molecule has 1 aromatic rings. The molecule has 64 valence electrons. The van der Waals surface area contributed by atoms with Crippen molar-refractivity contribution >= 4 is 0 Å². The van der Waals surface area contributed by atoms with Gasteiger partial charge < -0.3 is 0 Å². The second kappa shape index (κ2) is 2.23. The highest BCUT2D eigenvalue weighted by atomic mass is 19.3. The van der Waals surface area contributed by atoms with Crippen molar-refractivity contribution in [1.82, 2.24) is 0 Å². The van der Waals surface area contributed by atoms with Gasteiger partial charge in [0.1, 0.15) is 0 Å². The van der Waals surface area contributed by atoms with Crippen LogP contribution >= 0.6 is 0 Å². The molecule has 2 rings (SSSR count). The number of benzene rings is 1. The van der Waals surface area contributed by atoms with E-state index < -0.39 is 12.5 Å². The predicted molar refractivity (Wildman–Crippen MR) is 35.3 cm³/mol. The lowest BCUT2D eigenvalue weighted by Crippen LogP contribution is -2.10. The Balaban J connectivity index is 2.58. The fourth-order valence-electron chi connectivity index (χ4n) is 1.22. The topological polar surface area (TPSA) is 9.23 Å². The van der Waals surface area contributed by atoms with Gasteiger partial charge in [0.25, 0.3) is 0 Å². The maximum Gasteiger partial charge on any atom is 0.386 e. The van der Waals surface area contributed by atoms with Gasteiger partial charge in [-0.25, -0.2) is 4.39 Å². The molecular weight excluding hydrogens is 169 g/mol. The molecule has 0 bridgehead atoms. The summed E-state index contributed by atoms with van der Waals surface area (Å²) in [7, 11) is 0. The van der Waals surface area contributed by atoms with Crippen LogP contribution < -0.4 is 0 Å². The van der Waals surface area contributed by atoms with Crippen molar-refractivity contribution in [2.75, 3.05) is 0 Å². The van der Waals surface area contributed by atoms with E-state index in [0.717, 1.165) is 6.07 Å². The Morgan fingerprint density at radius 2 is 1.92 bits per heavy atom. The monoisotopic (exact) mass is 174 g/mol. The van der Waals surface area contributed by atoms with Gasteiger partial charge in [0, 0.05) is 5.56 Å². The van der Waals surface area contributed by atoms with E-state index in [1.807, 2.05) is 0 Å². The molecule has 0 radical (unpaired) electrons. The fourth-order valence-corrected chi connectivity index (χ4v) is 1.22. The fraction of sp³-hybridized carbons (Fsp3) is 0.250. The maximum absolute atomic E-state index is 12.7. The molecule has 12 heavy (non-hydrogen) atoms. The summed E-state index contributed by atoms with van der Waals surface area (Å²) in [5, 5.41) is 0. The summed E-state index contributed by atoms with van der Waals surface area (Å²) in [6.07, 6.45) is -5.48. The van der Waals surface area contributed by atoms with Crippen LogP contribution in [0.1, 0.15) is 17.5 Å². The van der Waals surface area contributed by atoms with Crippen LogP contribution in [0.15, 0.2) is 24.3 Å². The van der Waals surface area contributed by atoms with Crippen molar-refractivity contribution < 1.29 is 17.9 Å². The molecule has 0 saturated heterocycles. The van der Waals surface area contributed by atoms with Gasteiger partial charge in [-0.2, -0.15) is 8.78 Å². The number of fused-ring (bicyclic) bond motifs is 1. The van der Waals surface area contributed by atoms with Gasteiger partial charge in [-0.3, -0.25) is 4.74 Å². The third-order valence-electron chi connectivity index (χ3n) is 1.77. The second-order valence-electron chi connectivity index (χ2n) is 2.54. The summed E-state index contributed by atoms with van der Waals surface area (Å²) in [4.78, 5) is 0. The molecule has 1 aromatic carbocycles. The number of rotatable bonds is 0. The Morgan fingerprint density at radius 3 is 2.58 bits per heavy atom. The van der Waals surface area contributed by atoms with Gasteiger partial charge in [-0.1, -0.05) is 18.2 Å². The van der Waals surface area contributed by atoms with E-state index in [2.05, 4.69) is 4.74 Å². The molecule has 1 aliphatic heterocycles. The van der Waals surface area contributed by atoms with Crippen LogP contribution in [-0.2, 0) is 10.8 Å². The van der Waals surface area contributed by atoms with E-state index in [4.69, 9.17) is 0 Å². The van der Waals surface area contributed by atoms with Crippen molar-refractivity contribution in [3.05, 3.63) is 35.4 Å². The highest BCUT2D eigenvalue weighted by molar-refractivity contribution is 5.33. The lowest BCUT2D eigenvalue weighted by molar-refractivity contribution is -0.280. The molecule has 0 N–H and O–H groups in total. The van der Waals surface area contributed by atoms with Crippen LogP contribution in [0.4, 0.5) is 13.2 Å². The summed E-state index contributed by atoms with van der Waals surface area (Å²) < 4.78 is 42.0. The van der Waals surface area contributed by atoms with Crippen molar-refractivity contribution in [3.8, 4) is 0 Å². The number of alkyl halides is 3. The third-order valence-corrected chi connectivity index (χ3v) is 1.77. The highest BCUT2D eigenvalue weighted by Gasteiger charge is 2.46. The zero-order valence-electron chi connectivity index (χ0n) is 5.93. The summed E-state index contributed by atoms with van der Waals surface area (Å²) in [5.41, 5.74) is -0.458. The molecule has 0 aliphatic carbocycles. The van der Waals surface area contributed by atoms with E-state index in [1.165, 1.54) is 18.2 Å². The minimum atomic E-state index is -3.48. The molecule has 0 amide bonds. The van der Waals surface area contributed by atoms with Crippen LogP contribution in [0, 0.1) is 0 Å². The first kappa shape index (κ1) is 7.61. The zero-order valence-corrected chi connectivity index (χ0v) is 5.93. The van der Waals surface area contributed by atoms with Crippen molar-refractivity contribution in [3.63, 3.8) is 0 Å². The first-order valence-corrected chi connectivity index (χ1v) is 3.40. The number of hydrogen-bond acceptors (Lipinski definition) is 1. The van der Waals surface area contributed by atoms with Crippen molar-refractivity contribution in [2.45, 2.75) is 12.5 Å². The standard InChI is InChI=1S/C8H5F3O/c9-7-5-3-1-2-4-6(5)8(10,11)12-7/h1-4,7H. The van der Waals surface area contributed by atoms with E-state index >= 15 is 0 Å². The molecule has 4 heteroatoms.